The van der Waals surface area contributed by atoms with Gasteiger partial charge in [0, 0.05) is 17.8 Å². The molecular formula is C14H13N5O3. The van der Waals surface area contributed by atoms with Gasteiger partial charge in [-0.1, -0.05) is 6.07 Å². The molecule has 0 aliphatic carbocycles. The van der Waals surface area contributed by atoms with E-state index >= 15 is 0 Å². The Hall–Kier alpha value is -3.29. The fourth-order valence-corrected chi connectivity index (χ4v) is 1.65. The average Bonchev–Trinajstić information content (AvgIpc) is 2.55. The summed E-state index contributed by atoms with van der Waals surface area (Å²) in [7, 11) is 1.37. The van der Waals surface area contributed by atoms with Crippen LogP contribution in [0.4, 0.5) is 5.69 Å². The van der Waals surface area contributed by atoms with Crippen molar-refractivity contribution in [1.82, 2.24) is 4.98 Å². The van der Waals surface area contributed by atoms with Gasteiger partial charge in [-0.05, 0) is 24.3 Å². The number of pyridine rings is 1. The Morgan fingerprint density at radius 3 is 2.86 bits per heavy atom. The van der Waals surface area contributed by atoms with E-state index in [0.29, 0.717) is 11.3 Å². The smallest absolute Gasteiger partial charge is 0.311 e. The average molecular weight is 299 g/mol. The van der Waals surface area contributed by atoms with E-state index in [0.717, 1.165) is 0 Å². The van der Waals surface area contributed by atoms with Crippen LogP contribution >= 0.6 is 0 Å². The van der Waals surface area contributed by atoms with Gasteiger partial charge in [0.05, 0.1) is 18.2 Å². The molecule has 0 radical (unpaired) electrons. The standard InChI is InChI=1S/C14H13N5O3/c1-22-13-6-5-10(8-12(13)19(20)21)9-17-18-14(15)11-4-2-3-7-16-11/h2-9H,1H3,(H2,15,18)/b17-9+. The van der Waals surface area contributed by atoms with Crippen molar-refractivity contribution in [1.29, 1.82) is 0 Å². The van der Waals surface area contributed by atoms with Crippen molar-refractivity contribution in [3.8, 4) is 5.75 Å². The SMILES string of the molecule is COc1ccc(/C=N/N=C(\N)c2ccccn2)cc1[N+](=O)[O-]. The highest BCUT2D eigenvalue weighted by Crippen LogP contribution is 2.26. The number of benzene rings is 1. The van der Waals surface area contributed by atoms with Crippen LogP contribution in [0.5, 0.6) is 5.75 Å². The Labute approximate surface area is 126 Å². The molecule has 0 unspecified atom stereocenters. The second-order valence-corrected chi connectivity index (χ2v) is 4.13. The van der Waals surface area contributed by atoms with Crippen LogP contribution in [-0.2, 0) is 0 Å². The second kappa shape index (κ2) is 6.93. The Morgan fingerprint density at radius 2 is 2.23 bits per heavy atom. The monoisotopic (exact) mass is 299 g/mol. The minimum absolute atomic E-state index is 0.145. The van der Waals surface area contributed by atoms with Gasteiger partial charge in [0.2, 0.25) is 0 Å². The number of nitrogens with two attached hydrogens (primary N) is 1. The number of nitro groups is 1. The summed E-state index contributed by atoms with van der Waals surface area (Å²) < 4.78 is 4.92. The molecule has 112 valence electrons. The molecule has 1 heterocycles. The highest BCUT2D eigenvalue weighted by molar-refractivity contribution is 5.96. The zero-order valence-electron chi connectivity index (χ0n) is 11.7. The first-order valence-corrected chi connectivity index (χ1v) is 6.22. The van der Waals surface area contributed by atoms with Crippen LogP contribution in [0.25, 0.3) is 0 Å². The number of hydrogen-bond acceptors (Lipinski definition) is 6. The summed E-state index contributed by atoms with van der Waals surface area (Å²) in [5.74, 6) is 0.332. The molecular weight excluding hydrogens is 286 g/mol. The summed E-state index contributed by atoms with van der Waals surface area (Å²) in [6.07, 6.45) is 2.95. The Balaban J connectivity index is 2.20. The van der Waals surface area contributed by atoms with Crippen LogP contribution in [0.3, 0.4) is 0 Å². The third kappa shape index (κ3) is 3.63. The van der Waals surface area contributed by atoms with Crippen molar-refractivity contribution in [2.75, 3.05) is 7.11 Å². The fourth-order valence-electron chi connectivity index (χ4n) is 1.65. The summed E-state index contributed by atoms with van der Waals surface area (Å²) in [6, 6.07) is 9.70. The van der Waals surface area contributed by atoms with Crippen LogP contribution in [0.1, 0.15) is 11.3 Å². The van der Waals surface area contributed by atoms with Gasteiger partial charge in [0.15, 0.2) is 11.6 Å². The Bertz CT molecular complexity index is 729. The number of ether oxygens (including phenoxy) is 1. The number of aromatic nitrogens is 1. The van der Waals surface area contributed by atoms with Crippen molar-refractivity contribution in [2.24, 2.45) is 15.9 Å². The molecule has 1 aromatic carbocycles. The van der Waals surface area contributed by atoms with Gasteiger partial charge in [-0.25, -0.2) is 0 Å². The number of rotatable bonds is 5. The number of nitro benzene ring substituents is 1. The van der Waals surface area contributed by atoms with Crippen molar-refractivity contribution < 1.29 is 9.66 Å². The van der Waals surface area contributed by atoms with E-state index in [-0.39, 0.29) is 17.3 Å². The lowest BCUT2D eigenvalue weighted by molar-refractivity contribution is -0.385. The Morgan fingerprint density at radius 1 is 1.41 bits per heavy atom. The van der Waals surface area contributed by atoms with E-state index in [1.807, 2.05) is 0 Å². The molecule has 8 nitrogen and oxygen atoms in total. The Kier molecular flexibility index (Phi) is 4.76. The van der Waals surface area contributed by atoms with Crippen LogP contribution < -0.4 is 10.5 Å². The summed E-state index contributed by atoms with van der Waals surface area (Å²) in [6.45, 7) is 0. The third-order valence-corrected chi connectivity index (χ3v) is 2.70. The van der Waals surface area contributed by atoms with E-state index in [1.54, 1.807) is 30.5 Å². The molecule has 0 spiro atoms. The minimum atomic E-state index is -0.526. The van der Waals surface area contributed by atoms with Gasteiger partial charge >= 0.3 is 5.69 Å². The first-order chi connectivity index (χ1) is 10.6. The fraction of sp³-hybridized carbons (Fsp3) is 0.0714. The molecule has 0 amide bonds. The molecule has 0 bridgehead atoms. The molecule has 22 heavy (non-hydrogen) atoms. The molecule has 2 aromatic rings. The molecule has 2 N–H and O–H groups in total. The topological polar surface area (TPSA) is 116 Å². The third-order valence-electron chi connectivity index (χ3n) is 2.70. The highest BCUT2D eigenvalue weighted by Gasteiger charge is 2.14. The van der Waals surface area contributed by atoms with Gasteiger partial charge in [-0.2, -0.15) is 5.10 Å². The molecule has 0 aliphatic heterocycles. The molecule has 0 saturated heterocycles. The van der Waals surface area contributed by atoms with Crippen LogP contribution in [0.2, 0.25) is 0 Å². The van der Waals surface area contributed by atoms with E-state index in [4.69, 9.17) is 10.5 Å². The summed E-state index contributed by atoms with van der Waals surface area (Å²) >= 11 is 0. The number of methoxy groups -OCH3 is 1. The van der Waals surface area contributed by atoms with Crippen molar-refractivity contribution in [3.63, 3.8) is 0 Å². The van der Waals surface area contributed by atoms with Gasteiger partial charge < -0.3 is 10.5 Å². The normalized spacial score (nSPS) is 11.6. The molecule has 0 atom stereocenters. The first kappa shape index (κ1) is 15.1. The molecule has 1 aromatic heterocycles. The summed E-state index contributed by atoms with van der Waals surface area (Å²) in [5.41, 5.74) is 6.59. The maximum atomic E-state index is 10.9. The van der Waals surface area contributed by atoms with Crippen LogP contribution in [0, 0.1) is 10.1 Å². The molecule has 0 saturated carbocycles. The van der Waals surface area contributed by atoms with E-state index in [9.17, 15) is 10.1 Å². The second-order valence-electron chi connectivity index (χ2n) is 4.13. The molecule has 2 rings (SSSR count). The predicted octanol–water partition coefficient (Wildman–Crippen LogP) is 1.74. The molecule has 8 heteroatoms. The summed E-state index contributed by atoms with van der Waals surface area (Å²) in [4.78, 5) is 14.4. The van der Waals surface area contributed by atoms with Crippen LogP contribution in [-0.4, -0.2) is 29.1 Å². The van der Waals surface area contributed by atoms with E-state index < -0.39 is 4.92 Å². The largest absolute Gasteiger partial charge is 0.490 e. The number of hydrogen-bond donors (Lipinski definition) is 1. The van der Waals surface area contributed by atoms with Crippen LogP contribution in [0.15, 0.2) is 52.8 Å². The highest BCUT2D eigenvalue weighted by atomic mass is 16.6. The molecule has 0 aliphatic rings. The van der Waals surface area contributed by atoms with E-state index in [1.165, 1.54) is 25.5 Å². The number of nitrogens with zero attached hydrogens (tertiary/aromatic N) is 4. The molecule has 0 fully saturated rings. The zero-order valence-corrected chi connectivity index (χ0v) is 11.7. The predicted molar refractivity (Wildman–Crippen MR) is 82.2 cm³/mol. The van der Waals surface area contributed by atoms with Crippen molar-refractivity contribution in [2.45, 2.75) is 0 Å². The minimum Gasteiger partial charge on any atom is -0.490 e. The van der Waals surface area contributed by atoms with Gasteiger partial charge in [0.1, 0.15) is 5.69 Å². The first-order valence-electron chi connectivity index (χ1n) is 6.22. The van der Waals surface area contributed by atoms with Crippen molar-refractivity contribution in [3.05, 3.63) is 64.0 Å². The zero-order chi connectivity index (χ0) is 15.9. The maximum Gasteiger partial charge on any atom is 0.311 e. The van der Waals surface area contributed by atoms with Gasteiger partial charge in [-0.15, -0.1) is 5.10 Å². The quantitative estimate of drug-likeness (QED) is 0.390. The lowest BCUT2D eigenvalue weighted by Gasteiger charge is -2.01. The maximum absolute atomic E-state index is 10.9. The lowest BCUT2D eigenvalue weighted by atomic mass is 10.2. The van der Waals surface area contributed by atoms with Crippen molar-refractivity contribution >= 4 is 17.7 Å². The van der Waals surface area contributed by atoms with Gasteiger partial charge in [0.25, 0.3) is 0 Å². The van der Waals surface area contributed by atoms with Gasteiger partial charge in [-0.3, -0.25) is 15.1 Å². The summed E-state index contributed by atoms with van der Waals surface area (Å²) in [5, 5.41) is 18.5. The number of amidine groups is 1. The lowest BCUT2D eigenvalue weighted by Crippen LogP contribution is -2.14. The van der Waals surface area contributed by atoms with E-state index in [2.05, 4.69) is 15.2 Å².